The number of fused-ring (bicyclic) bond motifs is 3. The molecule has 0 radical (unpaired) electrons. The van der Waals surface area contributed by atoms with Crippen LogP contribution in [0.25, 0.3) is 44.4 Å². The number of nitrogens with zero attached hydrogens (tertiary/aromatic N) is 4. The molecule has 244 valence electrons. The van der Waals surface area contributed by atoms with Crippen molar-refractivity contribution in [3.8, 4) is 34.1 Å². The van der Waals surface area contributed by atoms with Crippen LogP contribution in [0.5, 0.6) is 11.5 Å². The van der Waals surface area contributed by atoms with Crippen molar-refractivity contribution < 1.29 is 25.8 Å². The van der Waals surface area contributed by atoms with Gasteiger partial charge in [0.05, 0.1) is 5.69 Å². The molecule has 0 aliphatic heterocycles. The quantitative estimate of drug-likeness (QED) is 0.129. The summed E-state index contributed by atoms with van der Waals surface area (Å²) in [5.41, 5.74) is 9.85. The smallest absolute Gasteiger partial charge is 0.509 e. The molecule has 4 aromatic carbocycles. The zero-order valence-corrected chi connectivity index (χ0v) is 30.4. The van der Waals surface area contributed by atoms with Crippen LogP contribution in [0.2, 0.25) is 0 Å². The van der Waals surface area contributed by atoms with Gasteiger partial charge >= 0.3 is 21.1 Å². The summed E-state index contributed by atoms with van der Waals surface area (Å²) in [6.07, 6.45) is 6.31. The molecule has 0 unspecified atom stereocenters. The van der Waals surface area contributed by atoms with Gasteiger partial charge in [0.1, 0.15) is 5.82 Å². The van der Waals surface area contributed by atoms with E-state index in [1.54, 1.807) is 0 Å². The van der Waals surface area contributed by atoms with E-state index in [9.17, 15) is 0 Å². The summed E-state index contributed by atoms with van der Waals surface area (Å²) >= 11 is 0. The van der Waals surface area contributed by atoms with Crippen LogP contribution in [0, 0.1) is 31.9 Å². The predicted molar refractivity (Wildman–Crippen MR) is 192 cm³/mol. The third-order valence-electron chi connectivity index (χ3n) is 8.77. The zero-order valence-electron chi connectivity index (χ0n) is 28.2. The van der Waals surface area contributed by atoms with Crippen LogP contribution in [0.1, 0.15) is 56.1 Å². The molecule has 0 saturated carbocycles. The molecule has 5 nitrogen and oxygen atoms in total. The average molecular weight is 812 g/mol. The molecule has 0 aliphatic carbocycles. The number of aromatic nitrogens is 4. The molecule has 0 spiro atoms. The summed E-state index contributed by atoms with van der Waals surface area (Å²) < 4.78 is 10.6. The van der Waals surface area contributed by atoms with Crippen LogP contribution in [-0.4, -0.2) is 19.3 Å². The average Bonchev–Trinajstić information content (AvgIpc) is 3.56. The van der Waals surface area contributed by atoms with Crippen LogP contribution in [0.4, 0.5) is 0 Å². The molecule has 7 aromatic rings. The largest absolute Gasteiger partial charge is 2.00 e. The van der Waals surface area contributed by atoms with E-state index in [-0.39, 0.29) is 21.1 Å². The molecular weight excluding hydrogens is 772 g/mol. The molecule has 0 fully saturated rings. The van der Waals surface area contributed by atoms with E-state index in [1.165, 1.54) is 16.5 Å². The topological polar surface area (TPSA) is 44.9 Å². The Morgan fingerprint density at radius 2 is 1.62 bits per heavy atom. The fraction of sp³-hybridized carbons (Fsp3) is 0.238. The second-order valence-corrected chi connectivity index (χ2v) is 12.8. The second-order valence-electron chi connectivity index (χ2n) is 12.8. The van der Waals surface area contributed by atoms with E-state index >= 15 is 0 Å². The van der Waals surface area contributed by atoms with Crippen molar-refractivity contribution in [2.75, 3.05) is 0 Å². The van der Waals surface area contributed by atoms with Crippen LogP contribution in [0.15, 0.2) is 97.2 Å². The van der Waals surface area contributed by atoms with Crippen molar-refractivity contribution >= 4 is 21.8 Å². The van der Waals surface area contributed by atoms with Crippen LogP contribution in [0.3, 0.4) is 0 Å². The molecule has 0 saturated heterocycles. The van der Waals surface area contributed by atoms with E-state index < -0.39 is 0 Å². The maximum Gasteiger partial charge on any atom is 2.00 e. The van der Waals surface area contributed by atoms with Crippen LogP contribution in [-0.2, 0) is 33.9 Å². The Bertz CT molecular complexity index is 2200. The maximum absolute atomic E-state index is 6.46. The molecule has 0 aliphatic rings. The first-order valence-corrected chi connectivity index (χ1v) is 16.7. The van der Waals surface area contributed by atoms with Gasteiger partial charge in [0.15, 0.2) is 0 Å². The number of hydrogen-bond acceptors (Lipinski definition) is 3. The van der Waals surface area contributed by atoms with Gasteiger partial charge in [0, 0.05) is 34.5 Å². The van der Waals surface area contributed by atoms with Gasteiger partial charge in [-0.15, -0.1) is 35.7 Å². The monoisotopic (exact) mass is 811 g/mol. The minimum atomic E-state index is 0. The summed E-state index contributed by atoms with van der Waals surface area (Å²) in [7, 11) is 0. The van der Waals surface area contributed by atoms with E-state index in [0.29, 0.717) is 17.4 Å². The first-order chi connectivity index (χ1) is 22.9. The van der Waals surface area contributed by atoms with Gasteiger partial charge in [-0.3, -0.25) is 4.68 Å². The van der Waals surface area contributed by atoms with Gasteiger partial charge in [0.2, 0.25) is 0 Å². The Kier molecular flexibility index (Phi) is 9.98. The minimum Gasteiger partial charge on any atom is -0.509 e. The molecule has 3 heterocycles. The van der Waals surface area contributed by atoms with E-state index in [0.717, 1.165) is 76.1 Å². The van der Waals surface area contributed by atoms with E-state index in [1.807, 2.05) is 41.2 Å². The number of aryl methyl sites for hydroxylation is 2. The van der Waals surface area contributed by atoms with Gasteiger partial charge in [-0.25, -0.2) is 4.98 Å². The fourth-order valence-corrected chi connectivity index (χ4v) is 6.62. The van der Waals surface area contributed by atoms with Crippen molar-refractivity contribution in [2.45, 2.75) is 60.3 Å². The predicted octanol–water partition coefficient (Wildman–Crippen LogP) is 10.6. The van der Waals surface area contributed by atoms with Crippen molar-refractivity contribution in [1.82, 2.24) is 19.3 Å². The van der Waals surface area contributed by atoms with Crippen molar-refractivity contribution in [3.63, 3.8) is 0 Å². The second kappa shape index (κ2) is 14.3. The van der Waals surface area contributed by atoms with E-state index in [2.05, 4.69) is 112 Å². The first-order valence-electron chi connectivity index (χ1n) is 16.7. The zero-order chi connectivity index (χ0) is 32.5. The standard InChI is InChI=1S/C42H40N4O.Pt/c1-6-7-12-31-21-22-43-41(25-31)45-39-20-17-32(23-28(2)3)24-38(39)37-19-18-36(27-40(37)45)47-35-16-11-15-34(26-35)46-30(5)42(29(4)44-46)33-13-9-8-10-14-33;/h8-11,13-22,24-25,28H,6-7,12,23H2,1-5H3;/q-2;+2. The Balaban J connectivity index is 0.00000401. The fourth-order valence-electron chi connectivity index (χ4n) is 6.62. The van der Waals surface area contributed by atoms with Gasteiger partial charge in [-0.1, -0.05) is 75.2 Å². The molecule has 0 N–H and O–H groups in total. The summed E-state index contributed by atoms with van der Waals surface area (Å²) in [6.45, 7) is 10.9. The van der Waals surface area contributed by atoms with Crippen molar-refractivity contribution in [2.24, 2.45) is 5.92 Å². The summed E-state index contributed by atoms with van der Waals surface area (Å²) in [5, 5.41) is 7.21. The van der Waals surface area contributed by atoms with Gasteiger partial charge < -0.3 is 9.30 Å². The van der Waals surface area contributed by atoms with Gasteiger partial charge in [-0.2, -0.15) is 17.2 Å². The minimum absolute atomic E-state index is 0. The van der Waals surface area contributed by atoms with Crippen molar-refractivity contribution in [1.29, 1.82) is 0 Å². The first kappa shape index (κ1) is 33.4. The molecule has 0 amide bonds. The Hall–Kier alpha value is -4.47. The normalized spacial score (nSPS) is 11.4. The molecular formula is C42H40N4OPt. The third-order valence-corrected chi connectivity index (χ3v) is 8.77. The Morgan fingerprint density at radius 1 is 0.812 bits per heavy atom. The number of unbranched alkanes of at least 4 members (excludes halogenated alkanes) is 1. The SMILES string of the molecule is CCCCc1ccnc(-n2c3[c-]c(Oc4[c-]c(-n5nc(C)c(-c6ccccc6)c5C)ccc4)ccc3c3cc(CC(C)C)ccc32)c1.[Pt+2]. The number of pyridine rings is 1. The van der Waals surface area contributed by atoms with Crippen LogP contribution >= 0.6 is 0 Å². The summed E-state index contributed by atoms with van der Waals surface area (Å²) in [6, 6.07) is 38.7. The molecule has 48 heavy (non-hydrogen) atoms. The number of rotatable bonds is 10. The van der Waals surface area contributed by atoms with Gasteiger partial charge in [-0.05, 0) is 85.0 Å². The molecule has 0 bridgehead atoms. The molecule has 3 aromatic heterocycles. The molecule has 6 heteroatoms. The van der Waals surface area contributed by atoms with Gasteiger partial charge in [0.25, 0.3) is 0 Å². The Morgan fingerprint density at radius 3 is 2.42 bits per heavy atom. The van der Waals surface area contributed by atoms with Crippen molar-refractivity contribution in [3.05, 3.63) is 132 Å². The summed E-state index contributed by atoms with van der Waals surface area (Å²) in [5.74, 6) is 2.71. The third kappa shape index (κ3) is 6.62. The number of ether oxygens (including phenoxy) is 1. The molecule has 0 atom stereocenters. The number of benzene rings is 4. The summed E-state index contributed by atoms with van der Waals surface area (Å²) in [4.78, 5) is 4.85. The number of hydrogen-bond donors (Lipinski definition) is 0. The van der Waals surface area contributed by atoms with E-state index in [4.69, 9.17) is 14.8 Å². The maximum atomic E-state index is 6.46. The van der Waals surface area contributed by atoms with Crippen LogP contribution < -0.4 is 4.74 Å². The molecule has 7 rings (SSSR count). The Labute approximate surface area is 297 Å².